The summed E-state index contributed by atoms with van der Waals surface area (Å²) in [6.07, 6.45) is 1.32. The molecule has 0 aromatic heterocycles. The topological polar surface area (TPSA) is 60.0 Å². The fraction of sp³-hybridized carbons (Fsp3) is 0.588. The molecule has 1 atom stereocenters. The highest BCUT2D eigenvalue weighted by molar-refractivity contribution is 5.74. The number of urea groups is 1. The maximum atomic E-state index is 12.3. The van der Waals surface area contributed by atoms with E-state index in [0.29, 0.717) is 32.8 Å². The molecule has 126 valence electrons. The van der Waals surface area contributed by atoms with E-state index < -0.39 is 5.79 Å². The average molecular weight is 320 g/mol. The van der Waals surface area contributed by atoms with E-state index in [1.165, 1.54) is 0 Å². The van der Waals surface area contributed by atoms with Gasteiger partial charge in [-0.2, -0.15) is 0 Å². The van der Waals surface area contributed by atoms with Gasteiger partial charge in [-0.15, -0.1) is 0 Å². The predicted octanol–water partition coefficient (Wildman–Crippen LogP) is 1.92. The van der Waals surface area contributed by atoms with Crippen LogP contribution in [0.15, 0.2) is 30.3 Å². The van der Waals surface area contributed by atoms with Crippen LogP contribution < -0.4 is 5.32 Å². The average Bonchev–Trinajstić information content (AvgIpc) is 3.05. The van der Waals surface area contributed by atoms with Crippen LogP contribution in [0.5, 0.6) is 0 Å². The van der Waals surface area contributed by atoms with E-state index in [4.69, 9.17) is 14.2 Å². The highest BCUT2D eigenvalue weighted by Gasteiger charge is 2.40. The van der Waals surface area contributed by atoms with Crippen LogP contribution in [0, 0.1) is 0 Å². The van der Waals surface area contributed by atoms with Gasteiger partial charge in [-0.25, -0.2) is 4.79 Å². The summed E-state index contributed by atoms with van der Waals surface area (Å²) in [5.41, 5.74) is 1.06. The molecule has 1 N–H and O–H groups in total. The molecule has 2 amide bonds. The number of rotatable bonds is 4. The lowest BCUT2D eigenvalue weighted by molar-refractivity contribution is -0.181. The Balaban J connectivity index is 1.48. The number of benzene rings is 1. The van der Waals surface area contributed by atoms with E-state index in [0.717, 1.165) is 18.4 Å². The van der Waals surface area contributed by atoms with Gasteiger partial charge in [0.05, 0.1) is 19.3 Å². The number of nitrogens with one attached hydrogen (secondary N) is 1. The third-order valence-electron chi connectivity index (χ3n) is 4.52. The number of piperidine rings is 1. The molecule has 1 aromatic rings. The second-order valence-corrected chi connectivity index (χ2v) is 5.92. The number of nitrogens with zero attached hydrogens (tertiary/aromatic N) is 1. The number of methoxy groups -OCH3 is 1. The summed E-state index contributed by atoms with van der Waals surface area (Å²) in [5, 5.41) is 2.96. The van der Waals surface area contributed by atoms with E-state index in [2.05, 4.69) is 5.32 Å². The number of ether oxygens (including phenoxy) is 3. The third kappa shape index (κ3) is 3.83. The Morgan fingerprint density at radius 3 is 2.52 bits per heavy atom. The molecule has 1 spiro atoms. The summed E-state index contributed by atoms with van der Waals surface area (Å²) in [5.74, 6) is -0.449. The van der Waals surface area contributed by atoms with Crippen LogP contribution in [0.1, 0.15) is 24.5 Å². The Hall–Kier alpha value is -1.63. The van der Waals surface area contributed by atoms with E-state index in [1.54, 1.807) is 7.11 Å². The second-order valence-electron chi connectivity index (χ2n) is 5.92. The zero-order chi connectivity index (χ0) is 16.1. The van der Waals surface area contributed by atoms with Crippen molar-refractivity contribution in [3.63, 3.8) is 0 Å². The molecular formula is C17H24N2O4. The molecule has 3 rings (SSSR count). The first kappa shape index (κ1) is 16.2. The highest BCUT2D eigenvalue weighted by atomic mass is 16.7. The standard InChI is InChI=1S/C17H24N2O4/c1-21-15(14-5-3-2-4-6-14)13-18-16(20)19-9-7-17(8-10-19)22-11-12-23-17/h2-6,15H,7-13H2,1H3,(H,18,20). The van der Waals surface area contributed by atoms with Crippen LogP contribution in [-0.2, 0) is 14.2 Å². The van der Waals surface area contributed by atoms with Gasteiger partial charge in [0, 0.05) is 39.6 Å². The van der Waals surface area contributed by atoms with Crippen molar-refractivity contribution in [3.8, 4) is 0 Å². The monoisotopic (exact) mass is 320 g/mol. The smallest absolute Gasteiger partial charge is 0.317 e. The van der Waals surface area contributed by atoms with Gasteiger partial charge in [-0.3, -0.25) is 0 Å². The van der Waals surface area contributed by atoms with Crippen LogP contribution in [0.3, 0.4) is 0 Å². The molecule has 1 unspecified atom stereocenters. The van der Waals surface area contributed by atoms with Gasteiger partial charge in [0.2, 0.25) is 0 Å². The zero-order valence-electron chi connectivity index (χ0n) is 13.5. The van der Waals surface area contributed by atoms with Crippen LogP contribution in [0.25, 0.3) is 0 Å². The predicted molar refractivity (Wildman–Crippen MR) is 85.0 cm³/mol. The molecule has 6 heteroatoms. The Kier molecular flexibility index (Phi) is 5.15. The minimum Gasteiger partial charge on any atom is -0.375 e. The van der Waals surface area contributed by atoms with Crippen molar-refractivity contribution >= 4 is 6.03 Å². The van der Waals surface area contributed by atoms with Crippen molar-refractivity contribution in [2.45, 2.75) is 24.7 Å². The van der Waals surface area contributed by atoms with Crippen LogP contribution in [0.2, 0.25) is 0 Å². The van der Waals surface area contributed by atoms with E-state index in [-0.39, 0.29) is 12.1 Å². The van der Waals surface area contributed by atoms with Gasteiger partial charge in [0.15, 0.2) is 5.79 Å². The molecule has 2 fully saturated rings. The van der Waals surface area contributed by atoms with Crippen molar-refractivity contribution in [2.75, 3.05) is 40.0 Å². The summed E-state index contributed by atoms with van der Waals surface area (Å²) in [6, 6.07) is 9.84. The lowest BCUT2D eigenvalue weighted by atomic mass is 10.0. The number of carbonyl (C=O) groups excluding carboxylic acids is 1. The number of hydrogen-bond acceptors (Lipinski definition) is 4. The lowest BCUT2D eigenvalue weighted by Gasteiger charge is -2.37. The molecule has 0 saturated carbocycles. The molecule has 0 aliphatic carbocycles. The van der Waals surface area contributed by atoms with Gasteiger partial charge in [-0.1, -0.05) is 30.3 Å². The summed E-state index contributed by atoms with van der Waals surface area (Å²) in [6.45, 7) is 3.05. The summed E-state index contributed by atoms with van der Waals surface area (Å²) in [7, 11) is 1.66. The Bertz CT molecular complexity index is 507. The van der Waals surface area contributed by atoms with Crippen LogP contribution in [-0.4, -0.2) is 56.7 Å². The van der Waals surface area contributed by atoms with E-state index in [1.807, 2.05) is 35.2 Å². The van der Waals surface area contributed by atoms with Gasteiger partial charge in [-0.05, 0) is 5.56 Å². The molecule has 2 aliphatic heterocycles. The number of carbonyl (C=O) groups is 1. The zero-order valence-corrected chi connectivity index (χ0v) is 13.5. The third-order valence-corrected chi connectivity index (χ3v) is 4.52. The molecule has 23 heavy (non-hydrogen) atoms. The molecule has 6 nitrogen and oxygen atoms in total. The van der Waals surface area contributed by atoms with E-state index in [9.17, 15) is 4.79 Å². The molecule has 0 radical (unpaired) electrons. The first-order valence-corrected chi connectivity index (χ1v) is 8.11. The molecule has 2 aliphatic rings. The molecule has 2 heterocycles. The lowest BCUT2D eigenvalue weighted by Crippen LogP contribution is -2.50. The molecule has 1 aromatic carbocycles. The number of hydrogen-bond donors (Lipinski definition) is 1. The number of likely N-dealkylation sites (tertiary alicyclic amines) is 1. The SMILES string of the molecule is COC(CNC(=O)N1CCC2(CC1)OCCO2)c1ccccc1. The quantitative estimate of drug-likeness (QED) is 0.921. The van der Waals surface area contributed by atoms with Crippen molar-refractivity contribution in [3.05, 3.63) is 35.9 Å². The number of amides is 2. The fourth-order valence-corrected chi connectivity index (χ4v) is 3.13. The highest BCUT2D eigenvalue weighted by Crippen LogP contribution is 2.31. The maximum absolute atomic E-state index is 12.3. The van der Waals surface area contributed by atoms with Gasteiger partial charge >= 0.3 is 6.03 Å². The minimum atomic E-state index is -0.449. The second kappa shape index (κ2) is 7.29. The first-order valence-electron chi connectivity index (χ1n) is 8.11. The normalized spacial score (nSPS) is 21.3. The van der Waals surface area contributed by atoms with Crippen LogP contribution >= 0.6 is 0 Å². The summed E-state index contributed by atoms with van der Waals surface area (Å²) < 4.78 is 16.8. The van der Waals surface area contributed by atoms with Gasteiger partial charge in [0.1, 0.15) is 0 Å². The summed E-state index contributed by atoms with van der Waals surface area (Å²) in [4.78, 5) is 14.1. The van der Waals surface area contributed by atoms with Crippen molar-refractivity contribution < 1.29 is 19.0 Å². The minimum absolute atomic E-state index is 0.0594. The Morgan fingerprint density at radius 1 is 1.26 bits per heavy atom. The Labute approximate surface area is 136 Å². The summed E-state index contributed by atoms with van der Waals surface area (Å²) >= 11 is 0. The largest absolute Gasteiger partial charge is 0.375 e. The fourth-order valence-electron chi connectivity index (χ4n) is 3.13. The first-order chi connectivity index (χ1) is 11.2. The molecule has 2 saturated heterocycles. The van der Waals surface area contributed by atoms with E-state index >= 15 is 0 Å². The molecule has 0 bridgehead atoms. The van der Waals surface area contributed by atoms with Crippen LogP contribution in [0.4, 0.5) is 4.79 Å². The van der Waals surface area contributed by atoms with Gasteiger partial charge in [0.25, 0.3) is 0 Å². The van der Waals surface area contributed by atoms with Crippen molar-refractivity contribution in [1.29, 1.82) is 0 Å². The molecular weight excluding hydrogens is 296 g/mol. The maximum Gasteiger partial charge on any atom is 0.317 e. The Morgan fingerprint density at radius 2 is 1.91 bits per heavy atom. The van der Waals surface area contributed by atoms with Crippen molar-refractivity contribution in [2.24, 2.45) is 0 Å². The van der Waals surface area contributed by atoms with Crippen molar-refractivity contribution in [1.82, 2.24) is 10.2 Å². The van der Waals surface area contributed by atoms with Gasteiger partial charge < -0.3 is 24.4 Å².